The molecule has 2 aromatic heterocycles. The summed E-state index contributed by atoms with van der Waals surface area (Å²) in [5.41, 5.74) is 6.72. The first kappa shape index (κ1) is 23.8. The van der Waals surface area contributed by atoms with Gasteiger partial charge in [0.15, 0.2) is 11.5 Å². The fourth-order valence-electron chi connectivity index (χ4n) is 2.81. The van der Waals surface area contributed by atoms with Gasteiger partial charge in [0.05, 0.1) is 13.7 Å². The number of hydrogen-bond donors (Lipinski definition) is 3. The second-order valence-electron chi connectivity index (χ2n) is 6.69. The Kier molecular flexibility index (Phi) is 8.83. The van der Waals surface area contributed by atoms with E-state index in [-0.39, 0.29) is 18.1 Å². The first-order valence-corrected chi connectivity index (χ1v) is 11.0. The highest BCUT2D eigenvalue weighted by Gasteiger charge is 2.16. The molecule has 0 aliphatic carbocycles. The molecule has 1 aromatic carbocycles. The average molecular weight is 472 g/mol. The summed E-state index contributed by atoms with van der Waals surface area (Å²) in [6.45, 7) is 3.01. The van der Waals surface area contributed by atoms with E-state index >= 15 is 0 Å². The van der Waals surface area contributed by atoms with Gasteiger partial charge in [0.1, 0.15) is 12.2 Å². The molecule has 3 amide bonds. The molecule has 0 fully saturated rings. The summed E-state index contributed by atoms with van der Waals surface area (Å²) in [5, 5.41) is 4.23. The highest BCUT2D eigenvalue weighted by atomic mass is 32.1. The van der Waals surface area contributed by atoms with Gasteiger partial charge in [0.2, 0.25) is 5.88 Å². The van der Waals surface area contributed by atoms with Crippen molar-refractivity contribution in [2.75, 3.05) is 20.3 Å². The monoisotopic (exact) mass is 471 g/mol. The molecule has 3 N–H and O–H groups in total. The van der Waals surface area contributed by atoms with Crippen molar-refractivity contribution in [3.63, 3.8) is 0 Å². The lowest BCUT2D eigenvalue weighted by Crippen LogP contribution is -2.47. The molecule has 0 aliphatic heterocycles. The lowest BCUT2D eigenvalue weighted by atomic mass is 10.1. The number of ether oxygens (including phenoxy) is 3. The normalized spacial score (nSPS) is 10.2. The van der Waals surface area contributed by atoms with E-state index in [1.165, 1.54) is 0 Å². The number of hydrogen-bond acceptors (Lipinski definition) is 8. The number of urea groups is 1. The summed E-state index contributed by atoms with van der Waals surface area (Å²) in [6, 6.07) is 8.71. The van der Waals surface area contributed by atoms with Crippen molar-refractivity contribution in [3.05, 3.63) is 64.8 Å². The van der Waals surface area contributed by atoms with Crippen molar-refractivity contribution in [3.8, 4) is 17.4 Å². The molecular formula is C22H25N5O5S. The third kappa shape index (κ3) is 7.07. The number of methoxy groups -OCH3 is 1. The number of nitrogens with zero attached hydrogens (tertiary/aromatic N) is 2. The molecule has 0 saturated heterocycles. The van der Waals surface area contributed by atoms with Crippen molar-refractivity contribution in [1.29, 1.82) is 0 Å². The molecule has 11 heteroatoms. The Morgan fingerprint density at radius 1 is 1.09 bits per heavy atom. The van der Waals surface area contributed by atoms with Gasteiger partial charge in [-0.25, -0.2) is 10.2 Å². The number of amides is 3. The van der Waals surface area contributed by atoms with Crippen LogP contribution in [-0.4, -0.2) is 41.6 Å². The van der Waals surface area contributed by atoms with Crippen LogP contribution >= 0.6 is 11.5 Å². The van der Waals surface area contributed by atoms with Crippen LogP contribution < -0.4 is 30.4 Å². The lowest BCUT2D eigenvalue weighted by Gasteiger charge is -2.12. The Labute approximate surface area is 195 Å². The first-order valence-electron chi connectivity index (χ1n) is 10.2. The molecular weight excluding hydrogens is 446 g/mol. The van der Waals surface area contributed by atoms with Crippen LogP contribution in [0.1, 0.15) is 28.4 Å². The molecule has 0 radical (unpaired) electrons. The van der Waals surface area contributed by atoms with E-state index in [0.717, 1.165) is 22.7 Å². The molecule has 0 spiro atoms. The fourth-order valence-corrected chi connectivity index (χ4v) is 3.42. The Bertz CT molecular complexity index is 1060. The lowest BCUT2D eigenvalue weighted by molar-refractivity contribution is 0.0931. The summed E-state index contributed by atoms with van der Waals surface area (Å²) in [4.78, 5) is 28.4. The van der Waals surface area contributed by atoms with Crippen molar-refractivity contribution in [2.45, 2.75) is 20.0 Å². The molecule has 3 aromatic rings. The summed E-state index contributed by atoms with van der Waals surface area (Å²) < 4.78 is 20.5. The standard InChI is InChI=1S/C22H25N5O5S/c1-3-31-19-11-15(6-7-18(19)30-2)8-10-24-22(29)26-25-20(28)17-14-33-27-21(17)32-13-16-5-4-9-23-12-16/h4-7,9,11-12,14H,3,8,10,13H2,1-2H3,(H,25,28)(H2,24,26,29). The Hall–Kier alpha value is -3.86. The largest absolute Gasteiger partial charge is 0.493 e. The molecule has 0 unspecified atom stereocenters. The van der Waals surface area contributed by atoms with Gasteiger partial charge in [-0.15, -0.1) is 0 Å². The van der Waals surface area contributed by atoms with E-state index in [1.54, 1.807) is 30.9 Å². The van der Waals surface area contributed by atoms with Gasteiger partial charge in [-0.2, -0.15) is 4.37 Å². The topological polar surface area (TPSA) is 124 Å². The van der Waals surface area contributed by atoms with Gasteiger partial charge in [0.25, 0.3) is 5.91 Å². The minimum atomic E-state index is -0.539. The molecule has 174 valence electrons. The van der Waals surface area contributed by atoms with Crippen molar-refractivity contribution >= 4 is 23.5 Å². The number of nitrogens with one attached hydrogen (secondary N) is 3. The van der Waals surface area contributed by atoms with E-state index in [9.17, 15) is 9.59 Å². The molecule has 0 aliphatic rings. The summed E-state index contributed by atoms with van der Waals surface area (Å²) in [5.74, 6) is 0.964. The minimum Gasteiger partial charge on any atom is -0.493 e. The van der Waals surface area contributed by atoms with Crippen LogP contribution in [0.2, 0.25) is 0 Å². The summed E-state index contributed by atoms with van der Waals surface area (Å²) in [7, 11) is 1.58. The zero-order chi connectivity index (χ0) is 23.5. The van der Waals surface area contributed by atoms with Gasteiger partial charge < -0.3 is 19.5 Å². The Morgan fingerprint density at radius 2 is 1.97 bits per heavy atom. The summed E-state index contributed by atoms with van der Waals surface area (Å²) >= 11 is 1.08. The number of aromatic nitrogens is 2. The first-order chi connectivity index (χ1) is 16.1. The SMILES string of the molecule is CCOc1cc(CCNC(=O)NNC(=O)c2csnc2OCc2cccnc2)ccc1OC. The highest BCUT2D eigenvalue weighted by molar-refractivity contribution is 7.04. The predicted molar refractivity (Wildman–Crippen MR) is 123 cm³/mol. The minimum absolute atomic E-state index is 0.188. The van der Waals surface area contributed by atoms with Gasteiger partial charge in [0, 0.05) is 29.9 Å². The number of carbonyl (C=O) groups excluding carboxylic acids is 2. The van der Waals surface area contributed by atoms with Gasteiger partial charge in [-0.1, -0.05) is 12.1 Å². The Morgan fingerprint density at radius 3 is 2.73 bits per heavy atom. The average Bonchev–Trinajstić information content (AvgIpc) is 3.31. The van der Waals surface area contributed by atoms with Crippen LogP contribution in [0.5, 0.6) is 17.4 Å². The molecule has 2 heterocycles. The van der Waals surface area contributed by atoms with Gasteiger partial charge in [-0.05, 0) is 48.6 Å². The van der Waals surface area contributed by atoms with E-state index in [2.05, 4.69) is 25.5 Å². The molecule has 10 nitrogen and oxygen atoms in total. The number of rotatable bonds is 10. The van der Waals surface area contributed by atoms with E-state index in [1.807, 2.05) is 31.2 Å². The molecule has 33 heavy (non-hydrogen) atoms. The van der Waals surface area contributed by atoms with Crippen LogP contribution in [-0.2, 0) is 13.0 Å². The molecule has 3 rings (SSSR count). The van der Waals surface area contributed by atoms with Gasteiger partial charge in [-0.3, -0.25) is 15.2 Å². The van der Waals surface area contributed by atoms with Crippen LogP contribution in [0, 0.1) is 0 Å². The smallest absolute Gasteiger partial charge is 0.333 e. The Balaban J connectivity index is 1.43. The van der Waals surface area contributed by atoms with Crippen LogP contribution in [0.4, 0.5) is 4.79 Å². The van der Waals surface area contributed by atoms with Crippen LogP contribution in [0.25, 0.3) is 0 Å². The molecule has 0 atom stereocenters. The quantitative estimate of drug-likeness (QED) is 0.389. The third-order valence-corrected chi connectivity index (χ3v) is 5.01. The molecule has 0 saturated carbocycles. The number of benzene rings is 1. The van der Waals surface area contributed by atoms with E-state index in [4.69, 9.17) is 14.2 Å². The third-order valence-electron chi connectivity index (χ3n) is 4.40. The maximum Gasteiger partial charge on any atom is 0.333 e. The number of pyridine rings is 1. The van der Waals surface area contributed by atoms with Crippen molar-refractivity contribution in [2.24, 2.45) is 0 Å². The van der Waals surface area contributed by atoms with E-state index < -0.39 is 11.9 Å². The van der Waals surface area contributed by atoms with Crippen molar-refractivity contribution in [1.82, 2.24) is 25.5 Å². The summed E-state index contributed by atoms with van der Waals surface area (Å²) in [6.07, 6.45) is 3.91. The second-order valence-corrected chi connectivity index (χ2v) is 7.32. The number of carbonyl (C=O) groups is 2. The maximum absolute atomic E-state index is 12.4. The zero-order valence-electron chi connectivity index (χ0n) is 18.3. The predicted octanol–water partition coefficient (Wildman–Crippen LogP) is 2.71. The van der Waals surface area contributed by atoms with Gasteiger partial charge >= 0.3 is 6.03 Å². The highest BCUT2D eigenvalue weighted by Crippen LogP contribution is 2.28. The second kappa shape index (κ2) is 12.2. The zero-order valence-corrected chi connectivity index (χ0v) is 19.1. The van der Waals surface area contributed by atoms with Crippen LogP contribution in [0.15, 0.2) is 48.1 Å². The molecule has 0 bridgehead atoms. The fraction of sp³-hybridized carbons (Fsp3) is 0.273. The van der Waals surface area contributed by atoms with E-state index in [0.29, 0.717) is 31.1 Å². The van der Waals surface area contributed by atoms with Crippen molar-refractivity contribution < 1.29 is 23.8 Å². The van der Waals surface area contributed by atoms with Crippen LogP contribution in [0.3, 0.4) is 0 Å². The number of hydrazine groups is 1. The maximum atomic E-state index is 12.4.